The molecule has 0 aliphatic rings. The number of nitrogens with zero attached hydrogens (tertiary/aromatic N) is 2. The summed E-state index contributed by atoms with van der Waals surface area (Å²) in [7, 11) is 0. The summed E-state index contributed by atoms with van der Waals surface area (Å²) in [6.07, 6.45) is -0.753. The van der Waals surface area contributed by atoms with Crippen LogP contribution in [0.2, 0.25) is 0 Å². The third-order valence-corrected chi connectivity index (χ3v) is 4.97. The molecule has 2 heterocycles. The van der Waals surface area contributed by atoms with Crippen LogP contribution in [-0.2, 0) is 0 Å². The fourth-order valence-corrected chi connectivity index (χ4v) is 3.39. The molecule has 2 N–H and O–H groups in total. The third kappa shape index (κ3) is 3.64. The van der Waals surface area contributed by atoms with E-state index in [1.165, 1.54) is 0 Å². The van der Waals surface area contributed by atoms with E-state index in [0.717, 1.165) is 28.2 Å². The lowest BCUT2D eigenvalue weighted by Crippen LogP contribution is -2.28. The molecular weight excluding hydrogens is 330 g/mol. The summed E-state index contributed by atoms with van der Waals surface area (Å²) in [5.74, 6) is -0.258. The normalized spacial score (nSPS) is 12.1. The molecule has 23 heavy (non-hydrogen) atoms. The average molecular weight is 345 g/mol. The first kappa shape index (κ1) is 15.8. The number of benzene rings is 1. The molecule has 7 heteroatoms. The molecule has 0 unspecified atom stereocenters. The van der Waals surface area contributed by atoms with Gasteiger partial charge in [-0.3, -0.25) is 4.79 Å². The van der Waals surface area contributed by atoms with Gasteiger partial charge in [0.2, 0.25) is 0 Å². The molecule has 1 aromatic carbocycles. The second kappa shape index (κ2) is 6.99. The highest BCUT2D eigenvalue weighted by Crippen LogP contribution is 2.24. The minimum Gasteiger partial charge on any atom is -0.387 e. The summed E-state index contributed by atoms with van der Waals surface area (Å²) >= 11 is 2.70. The van der Waals surface area contributed by atoms with E-state index in [1.807, 2.05) is 29.6 Å². The maximum atomic E-state index is 12.0. The second-order valence-electron chi connectivity index (χ2n) is 5.05. The Bertz CT molecular complexity index is 782. The average Bonchev–Trinajstić information content (AvgIpc) is 3.24. The van der Waals surface area contributed by atoms with E-state index in [9.17, 15) is 9.90 Å². The SMILES string of the molecule is Cc1nnsc1C(=O)NC[C@H](O)c1ccc(-c2ccsc2)cc1. The summed E-state index contributed by atoms with van der Waals surface area (Å²) in [5.41, 5.74) is 3.64. The van der Waals surface area contributed by atoms with Crippen molar-refractivity contribution < 1.29 is 9.90 Å². The number of aliphatic hydroxyl groups is 1. The van der Waals surface area contributed by atoms with Crippen LogP contribution in [0.4, 0.5) is 0 Å². The molecule has 0 saturated carbocycles. The van der Waals surface area contributed by atoms with Crippen molar-refractivity contribution >= 4 is 28.8 Å². The zero-order valence-electron chi connectivity index (χ0n) is 12.4. The fraction of sp³-hybridized carbons (Fsp3) is 0.188. The van der Waals surface area contributed by atoms with Gasteiger partial charge in [-0.15, -0.1) is 5.10 Å². The summed E-state index contributed by atoms with van der Waals surface area (Å²) < 4.78 is 3.73. The molecule has 0 radical (unpaired) electrons. The molecule has 0 aliphatic heterocycles. The van der Waals surface area contributed by atoms with Gasteiger partial charge in [0.1, 0.15) is 4.88 Å². The van der Waals surface area contributed by atoms with Gasteiger partial charge in [-0.25, -0.2) is 0 Å². The van der Waals surface area contributed by atoms with Crippen molar-refractivity contribution in [3.63, 3.8) is 0 Å². The number of thiophene rings is 1. The number of hydrogen-bond acceptors (Lipinski definition) is 6. The van der Waals surface area contributed by atoms with Crippen LogP contribution in [0, 0.1) is 6.92 Å². The molecule has 1 amide bonds. The standard InChI is InChI=1S/C16H15N3O2S2/c1-10-15(23-19-18-10)16(21)17-8-14(20)12-4-2-11(3-5-12)13-6-7-22-9-13/h2-7,9,14,20H,8H2,1H3,(H,17,21)/t14-/m0/s1. The number of nitrogens with one attached hydrogen (secondary N) is 1. The Labute approximate surface area is 141 Å². The van der Waals surface area contributed by atoms with E-state index in [0.29, 0.717) is 10.6 Å². The van der Waals surface area contributed by atoms with Crippen molar-refractivity contribution in [3.05, 3.63) is 57.2 Å². The number of amides is 1. The van der Waals surface area contributed by atoms with Crippen molar-refractivity contribution in [1.29, 1.82) is 0 Å². The predicted octanol–water partition coefficient (Wildman–Crippen LogP) is 3.04. The Morgan fingerprint density at radius 2 is 2.04 bits per heavy atom. The Morgan fingerprint density at radius 3 is 2.65 bits per heavy atom. The van der Waals surface area contributed by atoms with Crippen LogP contribution in [0.3, 0.4) is 0 Å². The van der Waals surface area contributed by atoms with Crippen LogP contribution in [0.15, 0.2) is 41.1 Å². The van der Waals surface area contributed by atoms with E-state index < -0.39 is 6.10 Å². The van der Waals surface area contributed by atoms with E-state index in [4.69, 9.17) is 0 Å². The van der Waals surface area contributed by atoms with Crippen LogP contribution in [-0.4, -0.2) is 27.1 Å². The number of aliphatic hydroxyl groups excluding tert-OH is 1. The number of aryl methyl sites for hydroxylation is 1. The quantitative estimate of drug-likeness (QED) is 0.745. The zero-order chi connectivity index (χ0) is 16.2. The minimum atomic E-state index is -0.753. The smallest absolute Gasteiger partial charge is 0.265 e. The first-order valence-corrected chi connectivity index (χ1v) is 8.74. The lowest BCUT2D eigenvalue weighted by molar-refractivity contribution is 0.0919. The van der Waals surface area contributed by atoms with Crippen LogP contribution >= 0.6 is 22.9 Å². The van der Waals surface area contributed by atoms with Gasteiger partial charge < -0.3 is 10.4 Å². The second-order valence-corrected chi connectivity index (χ2v) is 6.58. The van der Waals surface area contributed by atoms with Gasteiger partial charge in [0.15, 0.2) is 0 Å². The predicted molar refractivity (Wildman–Crippen MR) is 91.7 cm³/mol. The van der Waals surface area contributed by atoms with Crippen molar-refractivity contribution in [2.45, 2.75) is 13.0 Å². The number of aromatic nitrogens is 2. The third-order valence-electron chi connectivity index (χ3n) is 3.46. The van der Waals surface area contributed by atoms with Crippen LogP contribution in [0.25, 0.3) is 11.1 Å². The number of carbonyl (C=O) groups excluding carboxylic acids is 1. The molecule has 0 bridgehead atoms. The molecular formula is C16H15N3O2S2. The molecule has 3 aromatic rings. The summed E-state index contributed by atoms with van der Waals surface area (Å²) in [5, 5.41) is 20.8. The van der Waals surface area contributed by atoms with Gasteiger partial charge in [0.05, 0.1) is 11.8 Å². The molecule has 0 spiro atoms. The van der Waals surface area contributed by atoms with Crippen molar-refractivity contribution in [2.24, 2.45) is 0 Å². The summed E-state index contributed by atoms with van der Waals surface area (Å²) in [6, 6.07) is 9.76. The highest BCUT2D eigenvalue weighted by Gasteiger charge is 2.15. The Hall–Kier alpha value is -2.09. The zero-order valence-corrected chi connectivity index (χ0v) is 14.0. The molecule has 118 valence electrons. The number of rotatable bonds is 5. The number of hydrogen-bond donors (Lipinski definition) is 2. The highest BCUT2D eigenvalue weighted by molar-refractivity contribution is 7.08. The van der Waals surface area contributed by atoms with E-state index in [-0.39, 0.29) is 12.5 Å². The topological polar surface area (TPSA) is 75.1 Å². The molecule has 1 atom stereocenters. The lowest BCUT2D eigenvalue weighted by atomic mass is 10.0. The molecule has 0 saturated heterocycles. The van der Waals surface area contributed by atoms with Gasteiger partial charge in [0.25, 0.3) is 5.91 Å². The summed E-state index contributed by atoms with van der Waals surface area (Å²) in [4.78, 5) is 12.5. The monoisotopic (exact) mass is 345 g/mol. The summed E-state index contributed by atoms with van der Waals surface area (Å²) in [6.45, 7) is 1.88. The lowest BCUT2D eigenvalue weighted by Gasteiger charge is -2.12. The molecule has 0 aliphatic carbocycles. The van der Waals surface area contributed by atoms with Crippen LogP contribution in [0.5, 0.6) is 0 Å². The molecule has 5 nitrogen and oxygen atoms in total. The highest BCUT2D eigenvalue weighted by atomic mass is 32.1. The van der Waals surface area contributed by atoms with E-state index >= 15 is 0 Å². The van der Waals surface area contributed by atoms with Crippen LogP contribution < -0.4 is 5.32 Å². The molecule has 0 fully saturated rings. The van der Waals surface area contributed by atoms with Gasteiger partial charge >= 0.3 is 0 Å². The number of carbonyl (C=O) groups is 1. The van der Waals surface area contributed by atoms with Crippen molar-refractivity contribution in [3.8, 4) is 11.1 Å². The van der Waals surface area contributed by atoms with Crippen molar-refractivity contribution in [2.75, 3.05) is 6.54 Å². The molecule has 2 aromatic heterocycles. The van der Waals surface area contributed by atoms with Crippen LogP contribution in [0.1, 0.15) is 27.0 Å². The van der Waals surface area contributed by atoms with Gasteiger partial charge in [-0.2, -0.15) is 11.3 Å². The van der Waals surface area contributed by atoms with Gasteiger partial charge in [-0.05, 0) is 52.0 Å². The Balaban J connectivity index is 1.61. The van der Waals surface area contributed by atoms with E-state index in [1.54, 1.807) is 18.3 Å². The Kier molecular flexibility index (Phi) is 4.80. The first-order valence-electron chi connectivity index (χ1n) is 7.03. The fourth-order valence-electron chi connectivity index (χ4n) is 2.15. The van der Waals surface area contributed by atoms with E-state index in [2.05, 4.69) is 26.4 Å². The molecule has 3 rings (SSSR count). The first-order chi connectivity index (χ1) is 11.1. The van der Waals surface area contributed by atoms with Gasteiger partial charge in [0, 0.05) is 6.54 Å². The largest absolute Gasteiger partial charge is 0.387 e. The Morgan fingerprint density at radius 1 is 1.26 bits per heavy atom. The van der Waals surface area contributed by atoms with Crippen molar-refractivity contribution in [1.82, 2.24) is 14.9 Å². The minimum absolute atomic E-state index is 0.147. The maximum Gasteiger partial charge on any atom is 0.265 e. The maximum absolute atomic E-state index is 12.0. The van der Waals surface area contributed by atoms with Gasteiger partial charge in [-0.1, -0.05) is 28.8 Å².